The van der Waals surface area contributed by atoms with Gasteiger partial charge in [0, 0.05) is 95.3 Å². The lowest BCUT2D eigenvalue weighted by atomic mass is 9.77. The molecule has 4 amide bonds. The van der Waals surface area contributed by atoms with E-state index in [0.717, 1.165) is 95.6 Å². The standard InChI is InChI=1S/C48H57N3O9S.C47H57N3O8/c1-5-33-26-48(33,46(55)50-61(56,57)35-18-19-35)27-41(52)40-22-34-28-51(40)45(54)36(30-13-8-6-9-14-30)23-44(53)59-29-47(2,3)20-12-17-32-21-37-39(25-42(32)58-4)49-38(24-43(37)60-34)31-15-10-7-11-16-31;1-6-34-27-47(34,30(2)51)28-41(52)40-24-35-29-50(40)44(54)36(32-18-20-49(21-19-32)45(55)58-46(3,4)5)25-43(53)56-22-12-8-9-13-31-16-17-38-37(23-31)42(57-35)26-39(48-38)33-14-10-7-11-15-33/h5,7,10-12,15-17,21,24-25,30,33-36,40H,1,6,8-9,13-14,18-20,22-23,26-29H2,2-4H3,(H,50,55);6-7,10-11,14-17,23,26,32,34-36,40H,1,8-9,12-13,18-22,24-25,27-29H2,2-5H3/b17-12+;/t33-,34-,36+,40+,48-;34-,35-,36?,40+,47+/m11/s1. The molecule has 119 heavy (non-hydrogen) atoms. The number of fused-ring (bicyclic) bond motifs is 6. The Bertz CT molecular complexity index is 5020. The molecule has 4 aliphatic carbocycles. The summed E-state index contributed by atoms with van der Waals surface area (Å²) in [5.74, 6) is -3.39. The monoisotopic (exact) mass is 1640 g/mol. The van der Waals surface area contributed by atoms with E-state index in [9.17, 15) is 42.0 Å². The van der Waals surface area contributed by atoms with Gasteiger partial charge in [-0.05, 0) is 159 Å². The molecule has 2 aromatic heterocycles. The number of methoxy groups -OCH3 is 1. The van der Waals surface area contributed by atoms with Gasteiger partial charge in [-0.1, -0.05) is 124 Å². The van der Waals surface area contributed by atoms with Crippen molar-refractivity contribution in [3.05, 3.63) is 146 Å². The van der Waals surface area contributed by atoms with E-state index in [2.05, 4.69) is 30.0 Å². The number of hydrogen-bond acceptors (Lipinski definition) is 19. The number of sulfonamides is 1. The van der Waals surface area contributed by atoms with Crippen molar-refractivity contribution in [2.24, 2.45) is 51.8 Å². The van der Waals surface area contributed by atoms with Gasteiger partial charge in [-0.2, -0.15) is 0 Å². The Hall–Kier alpha value is -10.1. The first-order chi connectivity index (χ1) is 56.9. The maximum absolute atomic E-state index is 15.1. The largest absolute Gasteiger partial charge is 0.496 e. The molecular weight excluding hydrogens is 1530 g/mol. The van der Waals surface area contributed by atoms with Crippen LogP contribution in [0.4, 0.5) is 4.79 Å². The number of carbonyl (C=O) groups is 9. The number of rotatable bonds is 17. The number of cyclic esters (lactones) is 2. The van der Waals surface area contributed by atoms with E-state index in [1.54, 1.807) is 34.0 Å². The first-order valence-electron chi connectivity index (χ1n) is 42.8. The van der Waals surface area contributed by atoms with E-state index in [1.165, 1.54) is 6.92 Å². The summed E-state index contributed by atoms with van der Waals surface area (Å²) in [7, 11) is -2.26. The minimum absolute atomic E-state index is 0.000868. The topological polar surface area (TPSA) is 291 Å². The molecule has 1 N–H and O–H groups in total. The predicted molar refractivity (Wildman–Crippen MR) is 452 cm³/mol. The highest BCUT2D eigenvalue weighted by molar-refractivity contribution is 7.91. The number of esters is 2. The molecule has 5 aliphatic heterocycles. The van der Waals surface area contributed by atoms with Crippen LogP contribution in [0.15, 0.2) is 135 Å². The molecule has 1 unspecified atom stereocenters. The number of benzene rings is 4. The molecule has 24 heteroatoms. The molecule has 8 bridgehead atoms. The molecule has 6 aromatic rings. The van der Waals surface area contributed by atoms with E-state index >= 15 is 9.59 Å². The zero-order valence-corrected chi connectivity index (χ0v) is 70.6. The van der Waals surface area contributed by atoms with Crippen LogP contribution < -0.4 is 18.9 Å². The van der Waals surface area contributed by atoms with Crippen LogP contribution in [0.5, 0.6) is 17.2 Å². The zero-order chi connectivity index (χ0) is 84.3. The summed E-state index contributed by atoms with van der Waals surface area (Å²) in [6, 6.07) is 31.7. The maximum Gasteiger partial charge on any atom is 0.410 e. The number of allylic oxidation sites excluding steroid dienone is 3. The highest BCUT2D eigenvalue weighted by Crippen LogP contribution is 2.59. The minimum Gasteiger partial charge on any atom is -0.496 e. The van der Waals surface area contributed by atoms with Crippen molar-refractivity contribution in [3.63, 3.8) is 0 Å². The van der Waals surface area contributed by atoms with Gasteiger partial charge in [0.25, 0.3) is 0 Å². The second kappa shape index (κ2) is 35.7. The second-order valence-electron chi connectivity index (χ2n) is 36.4. The van der Waals surface area contributed by atoms with Crippen LogP contribution in [0, 0.1) is 51.8 Å². The average molecular weight is 1640 g/mol. The fourth-order valence-corrected chi connectivity index (χ4v) is 20.2. The summed E-state index contributed by atoms with van der Waals surface area (Å²) in [6.07, 6.45) is 16.7. The van der Waals surface area contributed by atoms with E-state index in [-0.39, 0.29) is 118 Å². The van der Waals surface area contributed by atoms with Crippen LogP contribution in [-0.4, -0.2) is 168 Å². The number of ether oxygens (including phenoxy) is 6. The molecule has 7 fully saturated rings. The van der Waals surface area contributed by atoms with Gasteiger partial charge >= 0.3 is 18.0 Å². The summed E-state index contributed by atoms with van der Waals surface area (Å²) >= 11 is 0. The number of piperidine rings is 1. The van der Waals surface area contributed by atoms with Crippen molar-refractivity contribution >= 4 is 91.0 Å². The molecule has 4 saturated carbocycles. The van der Waals surface area contributed by atoms with Gasteiger partial charge in [-0.3, -0.25) is 43.1 Å². The Morgan fingerprint density at radius 2 is 1.18 bits per heavy atom. The molecule has 23 nitrogen and oxygen atoms in total. The van der Waals surface area contributed by atoms with E-state index in [4.69, 9.17) is 38.4 Å². The number of carbonyl (C=O) groups excluding carboxylic acids is 9. The lowest BCUT2D eigenvalue weighted by molar-refractivity contribution is -0.154. The van der Waals surface area contributed by atoms with Crippen molar-refractivity contribution in [2.75, 3.05) is 46.5 Å². The second-order valence-corrected chi connectivity index (χ2v) is 38.3. The van der Waals surface area contributed by atoms with Crippen LogP contribution in [0.1, 0.15) is 188 Å². The first kappa shape index (κ1) is 85.3. The van der Waals surface area contributed by atoms with Crippen molar-refractivity contribution in [2.45, 2.75) is 218 Å². The third-order valence-electron chi connectivity index (χ3n) is 26.0. The van der Waals surface area contributed by atoms with Crippen molar-refractivity contribution in [1.82, 2.24) is 29.4 Å². The van der Waals surface area contributed by atoms with Crippen molar-refractivity contribution in [1.29, 1.82) is 0 Å². The molecular formula is C95H114N6O17S. The molecule has 15 rings (SSSR count). The maximum atomic E-state index is 15.1. The molecule has 10 atom stereocenters. The fourth-order valence-electron chi connectivity index (χ4n) is 18.8. The molecule has 4 aromatic carbocycles. The number of nitrogens with zero attached hydrogens (tertiary/aromatic N) is 5. The van der Waals surface area contributed by atoms with Crippen molar-refractivity contribution < 1.29 is 80.0 Å². The summed E-state index contributed by atoms with van der Waals surface area (Å²) in [4.78, 5) is 141. The number of amides is 4. The summed E-state index contributed by atoms with van der Waals surface area (Å²) in [6.45, 7) is 20.2. The van der Waals surface area contributed by atoms with Gasteiger partial charge in [-0.25, -0.2) is 23.2 Å². The number of ketones is 3. The Balaban J connectivity index is 0.000000196. The van der Waals surface area contributed by atoms with Gasteiger partial charge < -0.3 is 43.1 Å². The fraction of sp³-hybridized carbons (Fsp3) is 0.526. The summed E-state index contributed by atoms with van der Waals surface area (Å²) in [5, 5.41) is 0.969. The third kappa shape index (κ3) is 19.7. The molecule has 7 heterocycles. The number of pyridine rings is 2. The summed E-state index contributed by atoms with van der Waals surface area (Å²) in [5.41, 5.74) is 3.41. The van der Waals surface area contributed by atoms with Gasteiger partial charge in [0.2, 0.25) is 27.7 Å². The quantitative estimate of drug-likeness (QED) is 0.0504. The first-order valence-corrected chi connectivity index (χ1v) is 44.3. The molecule has 9 aliphatic rings. The van der Waals surface area contributed by atoms with Crippen LogP contribution >= 0.6 is 0 Å². The average Bonchev–Trinajstić information content (AvgIpc) is 1.59. The predicted octanol–water partition coefficient (Wildman–Crippen LogP) is 15.5. The van der Waals surface area contributed by atoms with Gasteiger partial charge in [0.15, 0.2) is 11.6 Å². The Labute approximate surface area is 698 Å². The Morgan fingerprint density at radius 3 is 1.72 bits per heavy atom. The van der Waals surface area contributed by atoms with Crippen LogP contribution in [-0.2, 0) is 69.0 Å². The van der Waals surface area contributed by atoms with Crippen LogP contribution in [0.25, 0.3) is 50.4 Å². The number of aromatic nitrogens is 2. The molecule has 3 saturated heterocycles. The van der Waals surface area contributed by atoms with E-state index in [0.29, 0.717) is 86.5 Å². The highest BCUT2D eigenvalue weighted by Gasteiger charge is 2.62. The lowest BCUT2D eigenvalue weighted by Crippen LogP contribution is -2.49. The number of likely N-dealkylation sites (tertiary alicyclic amines) is 1. The van der Waals surface area contributed by atoms with Gasteiger partial charge in [-0.15, -0.1) is 13.2 Å². The van der Waals surface area contributed by atoms with Crippen molar-refractivity contribution in [3.8, 4) is 39.8 Å². The molecule has 0 spiro atoms. The highest BCUT2D eigenvalue weighted by atomic mass is 32.2. The summed E-state index contributed by atoms with van der Waals surface area (Å²) < 4.78 is 65.1. The van der Waals surface area contributed by atoms with E-state index in [1.807, 2.05) is 138 Å². The SMILES string of the molecule is C=C[C@@H]1C[C@]1(CC(=O)[C@@H]1C[C@@H]2CN1C(=O)C(C1CCN(C(=O)OC(C)(C)C)CC1)CC(=O)OCCCCCc1ccc3nc(-c4ccccc4)cc(c3c1)O2)C(C)=O.C=C[C@@H]1C[C@]1(CC(=O)[C@@H]1C[C@@H]2CN1C(=O)[C@H](C1CCCCC1)CC(=O)OCC(C)(C)C/C=C/c1cc3c(cc(-c4ccccc4)nc3cc1OC)O2)C(=O)NS(=O)(=O)C1CC1. The van der Waals surface area contributed by atoms with Gasteiger partial charge in [0.1, 0.15) is 40.8 Å². The lowest BCUT2D eigenvalue weighted by Gasteiger charge is -2.38. The zero-order valence-electron chi connectivity index (χ0n) is 69.8. The third-order valence-corrected chi connectivity index (χ3v) is 27.9. The Kier molecular flexibility index (Phi) is 25.6. The van der Waals surface area contributed by atoms with Crippen LogP contribution in [0.2, 0.25) is 0 Å². The number of hydrogen-bond donors (Lipinski definition) is 1. The van der Waals surface area contributed by atoms with Gasteiger partial charge in [0.05, 0.1) is 103 Å². The molecule has 632 valence electrons. The Morgan fingerprint density at radius 1 is 0.639 bits per heavy atom. The van der Waals surface area contributed by atoms with Crippen LogP contribution in [0.3, 0.4) is 0 Å². The number of nitrogens with one attached hydrogen (secondary N) is 1. The number of aryl methyl sites for hydroxylation is 1. The normalized spacial score (nSPS) is 26.8. The smallest absolute Gasteiger partial charge is 0.410 e. The number of Topliss-reactive ketones (excluding diaryl/α,β-unsaturated/α-hetero) is 3. The minimum atomic E-state index is -3.87. The van der Waals surface area contributed by atoms with E-state index < -0.39 is 103 Å². The molecule has 0 radical (unpaired) electrons.